The first-order chi connectivity index (χ1) is 13.1. The average Bonchev–Trinajstić information content (AvgIpc) is 2.66. The molecule has 6 heteroatoms. The fraction of sp³-hybridized carbons (Fsp3) is 0.238. The molecule has 1 aromatic heterocycles. The fourth-order valence-corrected chi connectivity index (χ4v) is 2.78. The highest BCUT2D eigenvalue weighted by Gasteiger charge is 2.08. The van der Waals surface area contributed by atoms with E-state index in [-0.39, 0.29) is 0 Å². The number of hydrogen-bond acceptors (Lipinski definition) is 6. The third-order valence-corrected chi connectivity index (χ3v) is 4.07. The highest BCUT2D eigenvalue weighted by molar-refractivity contribution is 5.67. The molecule has 27 heavy (non-hydrogen) atoms. The van der Waals surface area contributed by atoms with E-state index in [0.717, 1.165) is 17.3 Å². The molecule has 0 bridgehead atoms. The van der Waals surface area contributed by atoms with Crippen LogP contribution in [-0.2, 0) is 6.54 Å². The lowest BCUT2D eigenvalue weighted by Crippen LogP contribution is -2.05. The normalized spacial score (nSPS) is 10.4. The molecule has 3 rings (SSSR count). The van der Waals surface area contributed by atoms with Gasteiger partial charge < -0.3 is 20.1 Å². The second-order valence-corrected chi connectivity index (χ2v) is 6.22. The van der Waals surface area contributed by atoms with E-state index < -0.39 is 0 Å². The number of methoxy groups -OCH3 is 2. The first kappa shape index (κ1) is 18.5. The van der Waals surface area contributed by atoms with Crippen molar-refractivity contribution in [1.29, 1.82) is 0 Å². The van der Waals surface area contributed by atoms with E-state index in [2.05, 4.69) is 51.8 Å². The van der Waals surface area contributed by atoms with Gasteiger partial charge in [0.25, 0.3) is 0 Å². The summed E-state index contributed by atoms with van der Waals surface area (Å²) in [5.74, 6) is 3.55. The third kappa shape index (κ3) is 4.88. The maximum Gasteiger partial charge on any atom is 0.146 e. The summed E-state index contributed by atoms with van der Waals surface area (Å²) < 4.78 is 10.7. The number of aryl methyl sites for hydroxylation is 2. The first-order valence-corrected chi connectivity index (χ1v) is 8.71. The van der Waals surface area contributed by atoms with E-state index in [1.165, 1.54) is 11.1 Å². The lowest BCUT2D eigenvalue weighted by molar-refractivity contribution is 0.395. The Hall–Kier alpha value is -3.28. The number of ether oxygens (including phenoxy) is 2. The van der Waals surface area contributed by atoms with Crippen molar-refractivity contribution in [2.45, 2.75) is 20.4 Å². The second kappa shape index (κ2) is 8.40. The van der Waals surface area contributed by atoms with Gasteiger partial charge in [0, 0.05) is 18.7 Å². The Balaban J connectivity index is 1.77. The molecule has 0 aliphatic carbocycles. The van der Waals surface area contributed by atoms with Crippen LogP contribution >= 0.6 is 0 Å². The van der Waals surface area contributed by atoms with Gasteiger partial charge >= 0.3 is 0 Å². The van der Waals surface area contributed by atoms with Crippen molar-refractivity contribution in [3.63, 3.8) is 0 Å². The molecule has 0 aliphatic heterocycles. The zero-order valence-corrected chi connectivity index (χ0v) is 16.0. The summed E-state index contributed by atoms with van der Waals surface area (Å²) in [5, 5.41) is 6.65. The monoisotopic (exact) mass is 364 g/mol. The Morgan fingerprint density at radius 3 is 2.44 bits per heavy atom. The Bertz CT molecular complexity index is 928. The number of nitrogens with zero attached hydrogens (tertiary/aromatic N) is 2. The molecular formula is C21H24N4O2. The zero-order valence-electron chi connectivity index (χ0n) is 16.0. The van der Waals surface area contributed by atoms with Gasteiger partial charge in [-0.1, -0.05) is 29.8 Å². The summed E-state index contributed by atoms with van der Waals surface area (Å²) in [7, 11) is 3.25. The minimum Gasteiger partial charge on any atom is -0.497 e. The first-order valence-electron chi connectivity index (χ1n) is 8.71. The third-order valence-electron chi connectivity index (χ3n) is 4.07. The Morgan fingerprint density at radius 2 is 1.70 bits per heavy atom. The van der Waals surface area contributed by atoms with Crippen LogP contribution in [-0.4, -0.2) is 24.2 Å². The highest BCUT2D eigenvalue weighted by atomic mass is 16.5. The van der Waals surface area contributed by atoms with Crippen LogP contribution in [0.4, 0.5) is 17.3 Å². The molecule has 2 aromatic carbocycles. The molecule has 3 aromatic rings. The number of nitrogens with one attached hydrogen (secondary N) is 2. The zero-order chi connectivity index (χ0) is 19.2. The molecule has 6 nitrogen and oxygen atoms in total. The van der Waals surface area contributed by atoms with Gasteiger partial charge in [-0.2, -0.15) is 0 Å². The summed E-state index contributed by atoms with van der Waals surface area (Å²) in [6, 6.07) is 15.9. The minimum atomic E-state index is 0.680. The van der Waals surface area contributed by atoms with Crippen LogP contribution in [0, 0.1) is 13.8 Å². The predicted octanol–water partition coefficient (Wildman–Crippen LogP) is 4.47. The topological polar surface area (TPSA) is 68.3 Å². The van der Waals surface area contributed by atoms with Crippen molar-refractivity contribution in [3.8, 4) is 11.5 Å². The summed E-state index contributed by atoms with van der Waals surface area (Å²) in [4.78, 5) is 8.94. The molecule has 0 saturated carbocycles. The molecule has 1 heterocycles. The van der Waals surface area contributed by atoms with E-state index in [9.17, 15) is 0 Å². The Kier molecular flexibility index (Phi) is 5.76. The van der Waals surface area contributed by atoms with Crippen molar-refractivity contribution in [2.24, 2.45) is 0 Å². The maximum atomic E-state index is 5.44. The van der Waals surface area contributed by atoms with Crippen LogP contribution in [0.2, 0.25) is 0 Å². The number of benzene rings is 2. The molecule has 0 aliphatic rings. The SMILES string of the molecule is COc1ccc(Nc2cc(NCc3cccc(C)c3)nc(C)n2)c(OC)c1. The van der Waals surface area contributed by atoms with Crippen LogP contribution in [0.25, 0.3) is 0 Å². The van der Waals surface area contributed by atoms with Crippen molar-refractivity contribution in [1.82, 2.24) is 9.97 Å². The summed E-state index contributed by atoms with van der Waals surface area (Å²) >= 11 is 0. The quantitative estimate of drug-likeness (QED) is 0.645. The molecule has 0 radical (unpaired) electrons. The van der Waals surface area contributed by atoms with Crippen LogP contribution < -0.4 is 20.1 Å². The van der Waals surface area contributed by atoms with E-state index in [4.69, 9.17) is 9.47 Å². The summed E-state index contributed by atoms with van der Waals surface area (Å²) in [5.41, 5.74) is 3.25. The van der Waals surface area contributed by atoms with Crippen molar-refractivity contribution >= 4 is 17.3 Å². The predicted molar refractivity (Wildman–Crippen MR) is 108 cm³/mol. The number of rotatable bonds is 7. The van der Waals surface area contributed by atoms with Crippen molar-refractivity contribution in [2.75, 3.05) is 24.9 Å². The Morgan fingerprint density at radius 1 is 0.889 bits per heavy atom. The molecule has 0 saturated heterocycles. The van der Waals surface area contributed by atoms with E-state index in [1.54, 1.807) is 14.2 Å². The van der Waals surface area contributed by atoms with Gasteiger partial charge in [-0.3, -0.25) is 0 Å². The Labute approximate surface area is 159 Å². The summed E-state index contributed by atoms with van der Waals surface area (Å²) in [6.07, 6.45) is 0. The summed E-state index contributed by atoms with van der Waals surface area (Å²) in [6.45, 7) is 4.65. The molecule has 2 N–H and O–H groups in total. The van der Waals surface area contributed by atoms with Gasteiger partial charge in [-0.15, -0.1) is 0 Å². The molecule has 0 amide bonds. The van der Waals surface area contributed by atoms with Crippen molar-refractivity contribution in [3.05, 3.63) is 65.5 Å². The van der Waals surface area contributed by atoms with Gasteiger partial charge in [0.05, 0.1) is 19.9 Å². The molecular weight excluding hydrogens is 340 g/mol. The van der Waals surface area contributed by atoms with Crippen LogP contribution in [0.3, 0.4) is 0 Å². The van der Waals surface area contributed by atoms with Crippen LogP contribution in [0.5, 0.6) is 11.5 Å². The van der Waals surface area contributed by atoms with E-state index in [1.807, 2.05) is 31.2 Å². The van der Waals surface area contributed by atoms with Crippen LogP contribution in [0.15, 0.2) is 48.5 Å². The maximum absolute atomic E-state index is 5.44. The van der Waals surface area contributed by atoms with Gasteiger partial charge in [-0.25, -0.2) is 9.97 Å². The van der Waals surface area contributed by atoms with Gasteiger partial charge in [0.2, 0.25) is 0 Å². The fourth-order valence-electron chi connectivity index (χ4n) is 2.78. The van der Waals surface area contributed by atoms with Crippen LogP contribution in [0.1, 0.15) is 17.0 Å². The molecule has 0 spiro atoms. The average molecular weight is 364 g/mol. The van der Waals surface area contributed by atoms with Crippen molar-refractivity contribution < 1.29 is 9.47 Å². The molecule has 140 valence electrons. The standard InChI is InChI=1S/C21H24N4O2/c1-14-6-5-7-16(10-14)13-22-20-12-21(24-15(2)23-20)25-18-9-8-17(26-3)11-19(18)27-4/h5-12H,13H2,1-4H3,(H2,22,23,24,25). The lowest BCUT2D eigenvalue weighted by atomic mass is 10.1. The van der Waals surface area contributed by atoms with Gasteiger partial charge in [0.1, 0.15) is 29.0 Å². The minimum absolute atomic E-state index is 0.680. The van der Waals surface area contributed by atoms with E-state index in [0.29, 0.717) is 23.9 Å². The van der Waals surface area contributed by atoms with E-state index >= 15 is 0 Å². The van der Waals surface area contributed by atoms with Gasteiger partial charge in [0.15, 0.2) is 0 Å². The number of hydrogen-bond donors (Lipinski definition) is 2. The second-order valence-electron chi connectivity index (χ2n) is 6.22. The highest BCUT2D eigenvalue weighted by Crippen LogP contribution is 2.31. The van der Waals surface area contributed by atoms with Gasteiger partial charge in [-0.05, 0) is 31.5 Å². The molecule has 0 atom stereocenters. The largest absolute Gasteiger partial charge is 0.497 e. The number of aromatic nitrogens is 2. The molecule has 0 fully saturated rings. The smallest absolute Gasteiger partial charge is 0.146 e. The molecule has 0 unspecified atom stereocenters. The lowest BCUT2D eigenvalue weighted by Gasteiger charge is -2.13. The number of anilines is 3.